The number of anilines is 2. The summed E-state index contributed by atoms with van der Waals surface area (Å²) in [6.45, 7) is 4.86. The van der Waals surface area contributed by atoms with E-state index in [0.29, 0.717) is 13.1 Å². The molecule has 3 heterocycles. The molecule has 3 rings (SSSR count). The van der Waals surface area contributed by atoms with Gasteiger partial charge in [0, 0.05) is 32.7 Å². The van der Waals surface area contributed by atoms with Crippen LogP contribution in [-0.2, 0) is 16.7 Å². The van der Waals surface area contributed by atoms with Crippen LogP contribution in [0.4, 0.5) is 24.5 Å². The van der Waals surface area contributed by atoms with Crippen LogP contribution in [0.5, 0.6) is 0 Å². The molecule has 1 aromatic rings. The standard InChI is InChI=1S/C18H25F3N6O3/c1-11(2)6-8-26-14-13(9-23-24(3)15(14)28)27(30-16(29)18(19,20)21)17(26)25-7-4-5-12(22)10-25/h6,9,12,17H,4-5,7-8,10,22H2,1-3H3. The summed E-state index contributed by atoms with van der Waals surface area (Å²) in [5, 5.41) is 4.73. The fourth-order valence-electron chi connectivity index (χ4n) is 3.61. The van der Waals surface area contributed by atoms with E-state index in [2.05, 4.69) is 5.10 Å². The fraction of sp³-hybridized carbons (Fsp3) is 0.611. The van der Waals surface area contributed by atoms with Gasteiger partial charge in [0.25, 0.3) is 5.56 Å². The molecule has 1 fully saturated rings. The van der Waals surface area contributed by atoms with E-state index in [4.69, 9.17) is 10.6 Å². The maximum absolute atomic E-state index is 13.0. The number of rotatable bonds is 4. The molecule has 1 aromatic heterocycles. The van der Waals surface area contributed by atoms with Crippen molar-refractivity contribution in [1.29, 1.82) is 0 Å². The SMILES string of the molecule is CC(C)=CCN1c2c(cnn(C)c2=O)N(OC(=O)C(F)(F)F)C1N1CCCC(N)C1. The van der Waals surface area contributed by atoms with Crippen LogP contribution in [0.15, 0.2) is 22.6 Å². The number of aromatic nitrogens is 2. The van der Waals surface area contributed by atoms with Gasteiger partial charge in [0.05, 0.1) is 6.20 Å². The molecule has 0 saturated carbocycles. The molecule has 2 aliphatic heterocycles. The number of piperidine rings is 1. The number of allylic oxidation sites excluding steroid dienone is 1. The van der Waals surface area contributed by atoms with Crippen LogP contribution < -0.4 is 21.3 Å². The van der Waals surface area contributed by atoms with Crippen molar-refractivity contribution < 1.29 is 22.8 Å². The zero-order valence-corrected chi connectivity index (χ0v) is 17.0. The molecule has 2 unspecified atom stereocenters. The summed E-state index contributed by atoms with van der Waals surface area (Å²) < 4.78 is 40.0. The number of aryl methyl sites for hydroxylation is 1. The molecule has 0 bridgehead atoms. The third kappa shape index (κ3) is 4.29. The van der Waals surface area contributed by atoms with Gasteiger partial charge in [-0.25, -0.2) is 9.48 Å². The molecule has 0 aromatic carbocycles. The number of halogens is 3. The smallest absolute Gasteiger partial charge is 0.329 e. The van der Waals surface area contributed by atoms with E-state index >= 15 is 0 Å². The number of alkyl halides is 3. The van der Waals surface area contributed by atoms with Gasteiger partial charge in [-0.2, -0.15) is 23.3 Å². The van der Waals surface area contributed by atoms with E-state index < -0.39 is 24.0 Å². The Morgan fingerprint density at radius 1 is 1.40 bits per heavy atom. The van der Waals surface area contributed by atoms with Gasteiger partial charge in [0.15, 0.2) is 6.29 Å². The minimum absolute atomic E-state index is 0.00185. The number of hydrogen-bond acceptors (Lipinski definition) is 8. The zero-order chi connectivity index (χ0) is 22.2. The van der Waals surface area contributed by atoms with Crippen molar-refractivity contribution in [3.63, 3.8) is 0 Å². The van der Waals surface area contributed by atoms with Gasteiger partial charge in [-0.15, -0.1) is 0 Å². The molecule has 2 N–H and O–H groups in total. The van der Waals surface area contributed by atoms with E-state index in [1.54, 1.807) is 4.90 Å². The third-order valence-corrected chi connectivity index (χ3v) is 5.03. The molecule has 0 amide bonds. The van der Waals surface area contributed by atoms with Crippen LogP contribution in [-0.4, -0.2) is 58.8 Å². The lowest BCUT2D eigenvalue weighted by atomic mass is 10.1. The van der Waals surface area contributed by atoms with E-state index in [-0.39, 0.29) is 24.0 Å². The number of hydroxylamine groups is 1. The summed E-state index contributed by atoms with van der Waals surface area (Å²) >= 11 is 0. The van der Waals surface area contributed by atoms with Crippen LogP contribution in [0.25, 0.3) is 0 Å². The Hall–Kier alpha value is -2.60. The highest BCUT2D eigenvalue weighted by molar-refractivity contribution is 5.80. The molecule has 0 aliphatic carbocycles. The second-order valence-electron chi connectivity index (χ2n) is 7.69. The van der Waals surface area contributed by atoms with E-state index in [0.717, 1.165) is 28.2 Å². The Morgan fingerprint density at radius 2 is 2.10 bits per heavy atom. The first-order valence-corrected chi connectivity index (χ1v) is 9.55. The highest BCUT2D eigenvalue weighted by Gasteiger charge is 2.49. The quantitative estimate of drug-likeness (QED) is 0.710. The second kappa shape index (κ2) is 8.26. The monoisotopic (exact) mass is 430 g/mol. The highest BCUT2D eigenvalue weighted by Crippen LogP contribution is 2.39. The fourth-order valence-corrected chi connectivity index (χ4v) is 3.61. The Bertz CT molecular complexity index is 896. The lowest BCUT2D eigenvalue weighted by molar-refractivity contribution is -0.203. The van der Waals surface area contributed by atoms with Crippen molar-refractivity contribution in [2.75, 3.05) is 29.6 Å². The minimum atomic E-state index is -5.19. The number of nitrogens with two attached hydrogens (primary N) is 1. The van der Waals surface area contributed by atoms with Crippen LogP contribution in [0.1, 0.15) is 26.7 Å². The van der Waals surface area contributed by atoms with E-state index in [1.807, 2.05) is 24.8 Å². The average molecular weight is 430 g/mol. The molecule has 0 spiro atoms. The number of carbonyl (C=O) groups is 1. The number of nitrogens with zero attached hydrogens (tertiary/aromatic N) is 5. The molecule has 30 heavy (non-hydrogen) atoms. The van der Waals surface area contributed by atoms with Crippen molar-refractivity contribution in [3.8, 4) is 0 Å². The van der Waals surface area contributed by atoms with Crippen molar-refractivity contribution in [3.05, 3.63) is 28.2 Å². The first kappa shape index (κ1) is 22.1. The lowest BCUT2D eigenvalue weighted by Crippen LogP contribution is -2.60. The lowest BCUT2D eigenvalue weighted by Gasteiger charge is -2.42. The molecule has 9 nitrogen and oxygen atoms in total. The maximum atomic E-state index is 13.0. The van der Waals surface area contributed by atoms with Gasteiger partial charge in [-0.3, -0.25) is 9.69 Å². The number of carbonyl (C=O) groups excluding carboxylic acids is 1. The van der Waals surface area contributed by atoms with Crippen LogP contribution in [0.2, 0.25) is 0 Å². The van der Waals surface area contributed by atoms with Gasteiger partial charge < -0.3 is 15.5 Å². The summed E-state index contributed by atoms with van der Waals surface area (Å²) in [5.41, 5.74) is 6.65. The maximum Gasteiger partial charge on any atom is 0.493 e. The largest absolute Gasteiger partial charge is 0.493 e. The van der Waals surface area contributed by atoms with Crippen LogP contribution in [0.3, 0.4) is 0 Å². The van der Waals surface area contributed by atoms with Crippen molar-refractivity contribution in [1.82, 2.24) is 14.7 Å². The molecule has 2 atom stereocenters. The summed E-state index contributed by atoms with van der Waals surface area (Å²) in [4.78, 5) is 32.7. The Kier molecular flexibility index (Phi) is 6.09. The van der Waals surface area contributed by atoms with Gasteiger partial charge in [-0.1, -0.05) is 11.6 Å². The Balaban J connectivity index is 2.11. The summed E-state index contributed by atoms with van der Waals surface area (Å²) in [6.07, 6.45) is -1.58. The molecular formula is C18H25F3N6O3. The van der Waals surface area contributed by atoms with Gasteiger partial charge >= 0.3 is 12.1 Å². The predicted molar refractivity (Wildman–Crippen MR) is 103 cm³/mol. The third-order valence-electron chi connectivity index (χ3n) is 5.03. The van der Waals surface area contributed by atoms with Gasteiger partial charge in [0.2, 0.25) is 0 Å². The van der Waals surface area contributed by atoms with Crippen molar-refractivity contribution in [2.24, 2.45) is 12.8 Å². The molecular weight excluding hydrogens is 405 g/mol. The van der Waals surface area contributed by atoms with Crippen molar-refractivity contribution >= 4 is 17.3 Å². The normalized spacial score (nSPS) is 22.1. The second-order valence-corrected chi connectivity index (χ2v) is 7.69. The van der Waals surface area contributed by atoms with E-state index in [9.17, 15) is 22.8 Å². The summed E-state index contributed by atoms with van der Waals surface area (Å²) in [5.74, 6) is -2.37. The zero-order valence-electron chi connectivity index (χ0n) is 17.0. The molecule has 12 heteroatoms. The Morgan fingerprint density at radius 3 is 2.70 bits per heavy atom. The molecule has 166 valence electrons. The minimum Gasteiger partial charge on any atom is -0.329 e. The van der Waals surface area contributed by atoms with Crippen LogP contribution >= 0.6 is 0 Å². The highest BCUT2D eigenvalue weighted by atomic mass is 19.4. The molecule has 0 radical (unpaired) electrons. The number of likely N-dealkylation sites (tertiary alicyclic amines) is 1. The predicted octanol–water partition coefficient (Wildman–Crippen LogP) is 1.10. The molecule has 2 aliphatic rings. The van der Waals surface area contributed by atoms with Crippen LogP contribution in [0, 0.1) is 0 Å². The molecule has 1 saturated heterocycles. The summed E-state index contributed by atoms with van der Waals surface area (Å²) in [7, 11) is 1.44. The Labute approximate surface area is 171 Å². The van der Waals surface area contributed by atoms with E-state index in [1.165, 1.54) is 13.2 Å². The van der Waals surface area contributed by atoms with Gasteiger partial charge in [-0.05, 0) is 26.7 Å². The first-order chi connectivity index (χ1) is 14.0. The van der Waals surface area contributed by atoms with Gasteiger partial charge in [0.1, 0.15) is 11.4 Å². The topological polar surface area (TPSA) is 96.9 Å². The average Bonchev–Trinajstić information content (AvgIpc) is 2.96. The first-order valence-electron chi connectivity index (χ1n) is 9.55. The number of fused-ring (bicyclic) bond motifs is 1. The summed E-state index contributed by atoms with van der Waals surface area (Å²) in [6, 6.07) is -0.186. The number of hydrogen-bond donors (Lipinski definition) is 1. The van der Waals surface area contributed by atoms with Crippen molar-refractivity contribution in [2.45, 2.75) is 45.2 Å².